The van der Waals surface area contributed by atoms with Crippen molar-refractivity contribution in [3.63, 3.8) is 0 Å². The Balaban J connectivity index is 1.57. The van der Waals surface area contributed by atoms with Gasteiger partial charge in [-0.2, -0.15) is 13.2 Å². The molecule has 1 aromatic carbocycles. The lowest BCUT2D eigenvalue weighted by molar-refractivity contribution is -0.137. The summed E-state index contributed by atoms with van der Waals surface area (Å²) >= 11 is 0. The van der Waals surface area contributed by atoms with Gasteiger partial charge in [0, 0.05) is 25.0 Å². The van der Waals surface area contributed by atoms with Gasteiger partial charge < -0.3 is 15.4 Å². The van der Waals surface area contributed by atoms with Gasteiger partial charge in [-0.1, -0.05) is 12.1 Å². The topological polar surface area (TPSA) is 63.2 Å². The number of benzene rings is 1. The van der Waals surface area contributed by atoms with Crippen LogP contribution in [-0.4, -0.2) is 23.6 Å². The molecule has 1 aliphatic heterocycles. The van der Waals surface area contributed by atoms with Gasteiger partial charge >= 0.3 is 6.18 Å². The van der Waals surface area contributed by atoms with Crippen LogP contribution < -0.4 is 10.6 Å². The van der Waals surface area contributed by atoms with E-state index in [4.69, 9.17) is 4.74 Å². The van der Waals surface area contributed by atoms with Crippen LogP contribution in [0.15, 0.2) is 42.6 Å². The average Bonchev–Trinajstić information content (AvgIpc) is 3.15. The van der Waals surface area contributed by atoms with Crippen LogP contribution in [0.5, 0.6) is 0 Å². The van der Waals surface area contributed by atoms with E-state index in [1.807, 2.05) is 6.07 Å². The highest BCUT2D eigenvalue weighted by atomic mass is 19.4. The summed E-state index contributed by atoms with van der Waals surface area (Å²) in [6.07, 6.45) is -2.43. The third kappa shape index (κ3) is 4.72. The number of amides is 1. The first kappa shape index (κ1) is 18.2. The Kier molecular flexibility index (Phi) is 5.41. The van der Waals surface area contributed by atoms with Gasteiger partial charge in [-0.3, -0.25) is 4.79 Å². The maximum Gasteiger partial charge on any atom is 0.417 e. The van der Waals surface area contributed by atoms with Crippen LogP contribution in [0.1, 0.15) is 24.0 Å². The molecule has 0 saturated carbocycles. The van der Waals surface area contributed by atoms with Crippen molar-refractivity contribution < 1.29 is 22.7 Å². The molecule has 3 rings (SSSR count). The number of nitrogens with zero attached hydrogens (tertiary/aromatic N) is 1. The molecule has 2 N–H and O–H groups in total. The number of carbonyl (C=O) groups is 1. The van der Waals surface area contributed by atoms with Crippen LogP contribution in [0.25, 0.3) is 0 Å². The van der Waals surface area contributed by atoms with Gasteiger partial charge in [-0.15, -0.1) is 0 Å². The predicted octanol–water partition coefficient (Wildman–Crippen LogP) is 3.83. The van der Waals surface area contributed by atoms with E-state index in [2.05, 4.69) is 15.6 Å². The number of aromatic nitrogens is 1. The zero-order chi connectivity index (χ0) is 18.6. The number of nitrogens with one attached hydrogen (secondary N) is 2. The molecular weight excluding hydrogens is 347 g/mol. The van der Waals surface area contributed by atoms with Gasteiger partial charge in [0.2, 0.25) is 0 Å². The Morgan fingerprint density at radius 3 is 2.77 bits per heavy atom. The van der Waals surface area contributed by atoms with Crippen molar-refractivity contribution in [3.8, 4) is 0 Å². The van der Waals surface area contributed by atoms with Crippen LogP contribution in [-0.2, 0) is 22.3 Å². The lowest BCUT2D eigenvalue weighted by Gasteiger charge is -2.12. The van der Waals surface area contributed by atoms with E-state index in [1.165, 1.54) is 6.07 Å². The van der Waals surface area contributed by atoms with Crippen molar-refractivity contribution in [2.75, 3.05) is 17.2 Å². The highest BCUT2D eigenvalue weighted by Gasteiger charge is 2.30. The van der Waals surface area contributed by atoms with E-state index < -0.39 is 17.8 Å². The summed E-state index contributed by atoms with van der Waals surface area (Å²) in [5.74, 6) is 0.170. The fraction of sp³-hybridized carbons (Fsp3) is 0.333. The molecule has 1 atom stereocenters. The molecule has 1 amide bonds. The second kappa shape index (κ2) is 7.74. The third-order valence-electron chi connectivity index (χ3n) is 3.98. The van der Waals surface area contributed by atoms with Gasteiger partial charge in [0.25, 0.3) is 5.91 Å². The molecule has 1 saturated heterocycles. The van der Waals surface area contributed by atoms with Gasteiger partial charge in [-0.25, -0.2) is 4.98 Å². The first-order valence-electron chi connectivity index (χ1n) is 8.20. The van der Waals surface area contributed by atoms with Gasteiger partial charge in [0.05, 0.1) is 5.56 Å². The quantitative estimate of drug-likeness (QED) is 0.845. The molecule has 1 unspecified atom stereocenters. The standard InChI is InChI=1S/C18H18F3N3O2/c19-18(20,21)13-6-7-16(23-11-13)22-10-12-3-1-4-14(9-12)24-17(25)15-5-2-8-26-15/h1,3-4,6-7,9,11,15H,2,5,8,10H2,(H,22,23)(H,24,25). The summed E-state index contributed by atoms with van der Waals surface area (Å²) in [7, 11) is 0. The predicted molar refractivity (Wildman–Crippen MR) is 90.6 cm³/mol. The molecule has 5 nitrogen and oxygen atoms in total. The summed E-state index contributed by atoms with van der Waals surface area (Å²) < 4.78 is 42.9. The van der Waals surface area contributed by atoms with E-state index in [0.29, 0.717) is 31.1 Å². The Labute approximate surface area is 148 Å². The van der Waals surface area contributed by atoms with E-state index >= 15 is 0 Å². The normalized spacial score (nSPS) is 17.1. The van der Waals surface area contributed by atoms with E-state index in [1.54, 1.807) is 18.2 Å². The molecule has 8 heteroatoms. The van der Waals surface area contributed by atoms with Gasteiger partial charge in [-0.05, 0) is 42.7 Å². The minimum atomic E-state index is -4.40. The molecule has 2 aromatic rings. The van der Waals surface area contributed by atoms with E-state index in [0.717, 1.165) is 24.2 Å². The number of hydrogen-bond acceptors (Lipinski definition) is 4. The van der Waals surface area contributed by atoms with Gasteiger partial charge in [0.1, 0.15) is 11.9 Å². The van der Waals surface area contributed by atoms with Crippen molar-refractivity contribution in [3.05, 3.63) is 53.7 Å². The highest BCUT2D eigenvalue weighted by Crippen LogP contribution is 2.28. The molecule has 1 aliphatic rings. The minimum Gasteiger partial charge on any atom is -0.368 e. The monoisotopic (exact) mass is 365 g/mol. The number of ether oxygens (including phenoxy) is 1. The summed E-state index contributed by atoms with van der Waals surface area (Å²) in [5.41, 5.74) is 0.712. The first-order chi connectivity index (χ1) is 12.4. The zero-order valence-electron chi connectivity index (χ0n) is 13.8. The fourth-order valence-electron chi connectivity index (χ4n) is 2.62. The van der Waals surface area contributed by atoms with E-state index in [-0.39, 0.29) is 5.91 Å². The molecule has 0 spiro atoms. The van der Waals surface area contributed by atoms with Crippen molar-refractivity contribution in [1.82, 2.24) is 4.98 Å². The Morgan fingerprint density at radius 2 is 2.12 bits per heavy atom. The number of hydrogen-bond donors (Lipinski definition) is 2. The number of anilines is 2. The Morgan fingerprint density at radius 1 is 1.27 bits per heavy atom. The summed E-state index contributed by atoms with van der Waals surface area (Å²) in [6.45, 7) is 0.962. The maximum atomic E-state index is 12.5. The van der Waals surface area contributed by atoms with Crippen LogP contribution >= 0.6 is 0 Å². The third-order valence-corrected chi connectivity index (χ3v) is 3.98. The van der Waals surface area contributed by atoms with Crippen molar-refractivity contribution >= 4 is 17.4 Å². The number of carbonyl (C=O) groups excluding carboxylic acids is 1. The fourth-order valence-corrected chi connectivity index (χ4v) is 2.62. The van der Waals surface area contributed by atoms with E-state index in [9.17, 15) is 18.0 Å². The largest absolute Gasteiger partial charge is 0.417 e. The molecule has 1 aromatic heterocycles. The molecule has 0 bridgehead atoms. The average molecular weight is 365 g/mol. The molecular formula is C18H18F3N3O2. The summed E-state index contributed by atoms with van der Waals surface area (Å²) in [5, 5.41) is 5.77. The smallest absolute Gasteiger partial charge is 0.368 e. The molecule has 0 radical (unpaired) electrons. The Bertz CT molecular complexity index is 757. The SMILES string of the molecule is O=C(Nc1cccc(CNc2ccc(C(F)(F)F)cn2)c1)C1CCCO1. The lowest BCUT2D eigenvalue weighted by atomic mass is 10.2. The summed E-state index contributed by atoms with van der Waals surface area (Å²) in [4.78, 5) is 15.8. The van der Waals surface area contributed by atoms with Gasteiger partial charge in [0.15, 0.2) is 0 Å². The second-order valence-corrected chi connectivity index (χ2v) is 5.97. The maximum absolute atomic E-state index is 12.5. The first-order valence-corrected chi connectivity index (χ1v) is 8.20. The lowest BCUT2D eigenvalue weighted by Crippen LogP contribution is -2.26. The van der Waals surface area contributed by atoms with Crippen LogP contribution in [0, 0.1) is 0 Å². The number of halogens is 3. The van der Waals surface area contributed by atoms with Crippen molar-refractivity contribution in [2.45, 2.75) is 31.7 Å². The molecule has 26 heavy (non-hydrogen) atoms. The van der Waals surface area contributed by atoms with Crippen LogP contribution in [0.4, 0.5) is 24.7 Å². The zero-order valence-corrected chi connectivity index (χ0v) is 13.8. The molecule has 138 valence electrons. The van der Waals surface area contributed by atoms with Crippen molar-refractivity contribution in [1.29, 1.82) is 0 Å². The van der Waals surface area contributed by atoms with Crippen molar-refractivity contribution in [2.24, 2.45) is 0 Å². The number of alkyl halides is 3. The molecule has 0 aliphatic carbocycles. The van der Waals surface area contributed by atoms with Crippen LogP contribution in [0.3, 0.4) is 0 Å². The summed E-state index contributed by atoms with van der Waals surface area (Å²) in [6, 6.07) is 9.47. The minimum absolute atomic E-state index is 0.169. The van der Waals surface area contributed by atoms with Crippen LogP contribution in [0.2, 0.25) is 0 Å². The molecule has 1 fully saturated rings. The second-order valence-electron chi connectivity index (χ2n) is 5.97. The highest BCUT2D eigenvalue weighted by molar-refractivity contribution is 5.94. The Hall–Kier alpha value is -2.61. The number of pyridine rings is 1. The molecule has 2 heterocycles. The number of rotatable bonds is 5.